The molecule has 11 aromatic rings. The van der Waals surface area contributed by atoms with Gasteiger partial charge in [0, 0.05) is 38.8 Å². The summed E-state index contributed by atoms with van der Waals surface area (Å²) < 4.78 is 9.23. The molecule has 0 amide bonds. The number of nitrogens with zero attached hydrogens (tertiary/aromatic N) is 3. The van der Waals surface area contributed by atoms with Crippen molar-refractivity contribution >= 4 is 71.5 Å². The van der Waals surface area contributed by atoms with Gasteiger partial charge in [-0.2, -0.15) is 0 Å². The Morgan fingerprint density at radius 2 is 1.11 bits per heavy atom. The zero-order valence-corrected chi connectivity index (χ0v) is 29.8. The summed E-state index contributed by atoms with van der Waals surface area (Å²) in [5, 5.41) is 7.08. The second-order valence-electron chi connectivity index (χ2n) is 14.0. The quantitative estimate of drug-likeness (QED) is 0.173. The molecule has 2 aromatic heterocycles. The standard InChI is InChI=1S/C51H33N3O/c1-3-13-34(14-4-1)35-25-28-39(29-26-35)53(48-24-12-23-46-50(48)55-51(52-46)44-22-11-17-36-15-7-9-20-41(36)44)40-30-32-47-45(33-40)43-31-27-37-16-8-10-21-42(37)49(43)54(47)38-18-5-2-6-19-38/h1-33H. The number of fused-ring (bicyclic) bond motifs is 7. The maximum Gasteiger partial charge on any atom is 0.228 e. The molecule has 0 saturated heterocycles. The van der Waals surface area contributed by atoms with E-state index in [1.165, 1.54) is 32.6 Å². The lowest BCUT2D eigenvalue weighted by molar-refractivity contribution is 0.621. The molecule has 0 bridgehead atoms. The monoisotopic (exact) mass is 703 g/mol. The SMILES string of the molecule is c1ccc(-c2ccc(N(c3ccc4c(c3)c3ccc5ccccc5c3n4-c3ccccc3)c3cccc4nc(-c5cccc6ccccc56)oc34)cc2)cc1. The minimum atomic E-state index is 0.604. The molecule has 0 radical (unpaired) electrons. The average Bonchev–Trinajstić information content (AvgIpc) is 3.85. The third-order valence-electron chi connectivity index (χ3n) is 10.8. The maximum absolute atomic E-state index is 6.82. The number of aromatic nitrogens is 2. The third-order valence-corrected chi connectivity index (χ3v) is 10.8. The maximum atomic E-state index is 6.82. The van der Waals surface area contributed by atoms with Crippen molar-refractivity contribution in [1.29, 1.82) is 0 Å². The minimum Gasteiger partial charge on any atom is -0.434 e. The van der Waals surface area contributed by atoms with E-state index in [1.807, 2.05) is 6.07 Å². The van der Waals surface area contributed by atoms with Crippen LogP contribution in [0.4, 0.5) is 17.1 Å². The number of hydrogen-bond acceptors (Lipinski definition) is 3. The van der Waals surface area contributed by atoms with Gasteiger partial charge in [0.15, 0.2) is 5.58 Å². The number of oxazole rings is 1. The summed E-state index contributed by atoms with van der Waals surface area (Å²) in [6, 6.07) is 70.9. The lowest BCUT2D eigenvalue weighted by atomic mass is 10.0. The molecular formula is C51H33N3O. The van der Waals surface area contributed by atoms with Crippen LogP contribution >= 0.6 is 0 Å². The summed E-state index contributed by atoms with van der Waals surface area (Å²) in [5.41, 5.74) is 11.3. The second-order valence-corrected chi connectivity index (χ2v) is 14.0. The lowest BCUT2D eigenvalue weighted by Crippen LogP contribution is -2.10. The molecule has 4 nitrogen and oxygen atoms in total. The smallest absolute Gasteiger partial charge is 0.228 e. The van der Waals surface area contributed by atoms with Gasteiger partial charge in [0.1, 0.15) is 5.52 Å². The van der Waals surface area contributed by atoms with E-state index in [1.54, 1.807) is 0 Å². The van der Waals surface area contributed by atoms with Crippen molar-refractivity contribution in [2.45, 2.75) is 0 Å². The van der Waals surface area contributed by atoms with Crippen LogP contribution < -0.4 is 4.90 Å². The van der Waals surface area contributed by atoms with Gasteiger partial charge in [-0.25, -0.2) is 4.98 Å². The van der Waals surface area contributed by atoms with Crippen molar-refractivity contribution < 1.29 is 4.42 Å². The first-order chi connectivity index (χ1) is 27.3. The fourth-order valence-electron chi connectivity index (χ4n) is 8.25. The fraction of sp³-hybridized carbons (Fsp3) is 0. The predicted octanol–water partition coefficient (Wildman–Crippen LogP) is 14.0. The summed E-state index contributed by atoms with van der Waals surface area (Å²) in [5.74, 6) is 0.604. The molecule has 258 valence electrons. The highest BCUT2D eigenvalue weighted by atomic mass is 16.3. The van der Waals surface area contributed by atoms with Gasteiger partial charge >= 0.3 is 0 Å². The molecule has 0 unspecified atom stereocenters. The van der Waals surface area contributed by atoms with Crippen LogP contribution in [0.2, 0.25) is 0 Å². The van der Waals surface area contributed by atoms with Crippen molar-refractivity contribution in [3.05, 3.63) is 200 Å². The van der Waals surface area contributed by atoms with Gasteiger partial charge in [-0.05, 0) is 87.9 Å². The average molecular weight is 704 g/mol. The van der Waals surface area contributed by atoms with Crippen molar-refractivity contribution in [3.8, 4) is 28.3 Å². The van der Waals surface area contributed by atoms with Crippen LogP contribution in [0.25, 0.3) is 82.7 Å². The first kappa shape index (κ1) is 31.1. The number of rotatable bonds is 6. The van der Waals surface area contributed by atoms with Gasteiger partial charge in [0.2, 0.25) is 5.89 Å². The molecule has 4 heteroatoms. The van der Waals surface area contributed by atoms with Crippen molar-refractivity contribution in [3.63, 3.8) is 0 Å². The van der Waals surface area contributed by atoms with Crippen LogP contribution in [0.5, 0.6) is 0 Å². The Morgan fingerprint density at radius 1 is 0.455 bits per heavy atom. The number of benzene rings is 9. The van der Waals surface area contributed by atoms with E-state index in [4.69, 9.17) is 9.40 Å². The van der Waals surface area contributed by atoms with Crippen LogP contribution in [0, 0.1) is 0 Å². The first-order valence-electron chi connectivity index (χ1n) is 18.6. The summed E-state index contributed by atoms with van der Waals surface area (Å²) in [4.78, 5) is 7.38. The van der Waals surface area contributed by atoms with E-state index in [2.05, 4.69) is 204 Å². The molecule has 55 heavy (non-hydrogen) atoms. The Hall–Kier alpha value is -7.43. The van der Waals surface area contributed by atoms with E-state index in [0.29, 0.717) is 5.89 Å². The Morgan fingerprint density at radius 3 is 1.93 bits per heavy atom. The van der Waals surface area contributed by atoms with Crippen LogP contribution in [0.3, 0.4) is 0 Å². The summed E-state index contributed by atoms with van der Waals surface area (Å²) in [6.45, 7) is 0. The molecular weight excluding hydrogens is 671 g/mol. The number of para-hydroxylation sites is 2. The topological polar surface area (TPSA) is 34.2 Å². The molecule has 0 fully saturated rings. The van der Waals surface area contributed by atoms with Gasteiger partial charge in [-0.3, -0.25) is 0 Å². The van der Waals surface area contributed by atoms with Gasteiger partial charge in [0.05, 0.1) is 16.7 Å². The molecule has 0 aliphatic heterocycles. The van der Waals surface area contributed by atoms with E-state index in [0.717, 1.165) is 61.3 Å². The molecule has 11 rings (SSSR count). The molecule has 9 aromatic carbocycles. The van der Waals surface area contributed by atoms with Crippen LogP contribution in [-0.4, -0.2) is 9.55 Å². The van der Waals surface area contributed by atoms with E-state index < -0.39 is 0 Å². The molecule has 0 aliphatic rings. The van der Waals surface area contributed by atoms with Crippen molar-refractivity contribution in [2.24, 2.45) is 0 Å². The Bertz CT molecular complexity index is 3190. The Labute approximate surface area is 317 Å². The fourth-order valence-corrected chi connectivity index (χ4v) is 8.25. The number of hydrogen-bond donors (Lipinski definition) is 0. The molecule has 0 spiro atoms. The van der Waals surface area contributed by atoms with Crippen molar-refractivity contribution in [2.75, 3.05) is 4.90 Å². The summed E-state index contributed by atoms with van der Waals surface area (Å²) >= 11 is 0. The highest BCUT2D eigenvalue weighted by Gasteiger charge is 2.23. The van der Waals surface area contributed by atoms with E-state index in [-0.39, 0.29) is 0 Å². The second kappa shape index (κ2) is 12.6. The van der Waals surface area contributed by atoms with Crippen LogP contribution in [-0.2, 0) is 0 Å². The summed E-state index contributed by atoms with van der Waals surface area (Å²) in [7, 11) is 0. The summed E-state index contributed by atoms with van der Waals surface area (Å²) in [6.07, 6.45) is 0. The molecule has 0 N–H and O–H groups in total. The largest absolute Gasteiger partial charge is 0.434 e. The lowest BCUT2D eigenvalue weighted by Gasteiger charge is -2.26. The van der Waals surface area contributed by atoms with Crippen molar-refractivity contribution in [1.82, 2.24) is 9.55 Å². The third kappa shape index (κ3) is 5.11. The van der Waals surface area contributed by atoms with Crippen LogP contribution in [0.1, 0.15) is 0 Å². The first-order valence-corrected chi connectivity index (χ1v) is 18.6. The van der Waals surface area contributed by atoms with Gasteiger partial charge in [-0.15, -0.1) is 0 Å². The normalized spacial score (nSPS) is 11.6. The molecule has 0 atom stereocenters. The van der Waals surface area contributed by atoms with Crippen LogP contribution in [0.15, 0.2) is 205 Å². The highest BCUT2D eigenvalue weighted by Crippen LogP contribution is 2.44. The van der Waals surface area contributed by atoms with E-state index >= 15 is 0 Å². The Kier molecular flexibility index (Phi) is 7.14. The van der Waals surface area contributed by atoms with Gasteiger partial charge < -0.3 is 13.9 Å². The predicted molar refractivity (Wildman–Crippen MR) is 229 cm³/mol. The zero-order chi connectivity index (χ0) is 36.3. The van der Waals surface area contributed by atoms with Gasteiger partial charge in [-0.1, -0.05) is 140 Å². The van der Waals surface area contributed by atoms with E-state index in [9.17, 15) is 0 Å². The highest BCUT2D eigenvalue weighted by molar-refractivity contribution is 6.19. The molecule has 0 aliphatic carbocycles. The van der Waals surface area contributed by atoms with Gasteiger partial charge in [0.25, 0.3) is 0 Å². The Balaban J connectivity index is 1.15. The number of anilines is 3. The molecule has 2 heterocycles. The minimum absolute atomic E-state index is 0.604. The molecule has 0 saturated carbocycles. The zero-order valence-electron chi connectivity index (χ0n) is 29.8.